The van der Waals surface area contributed by atoms with Gasteiger partial charge in [-0.25, -0.2) is 4.39 Å². The van der Waals surface area contributed by atoms with Crippen molar-refractivity contribution in [3.63, 3.8) is 0 Å². The molecule has 0 unspecified atom stereocenters. The van der Waals surface area contributed by atoms with E-state index < -0.39 is 0 Å². The van der Waals surface area contributed by atoms with Crippen LogP contribution in [0.1, 0.15) is 10.4 Å². The molecule has 0 aliphatic heterocycles. The average molecular weight is 329 g/mol. The molecule has 2 aromatic rings. The summed E-state index contributed by atoms with van der Waals surface area (Å²) in [5, 5.41) is 9.08. The Morgan fingerprint density at radius 2 is 1.87 bits per heavy atom. The van der Waals surface area contributed by atoms with Gasteiger partial charge < -0.3 is 16.0 Å². The molecular formula is C17H16FN3OS. The fraction of sp³-hybridized carbons (Fsp3) is 0.0588. The summed E-state index contributed by atoms with van der Waals surface area (Å²) in [5.41, 5.74) is 1.68. The predicted molar refractivity (Wildman–Crippen MR) is 95.2 cm³/mol. The van der Waals surface area contributed by atoms with E-state index in [9.17, 15) is 9.18 Å². The fourth-order valence-electron chi connectivity index (χ4n) is 1.81. The van der Waals surface area contributed by atoms with Crippen LogP contribution in [0.4, 0.5) is 15.8 Å². The average Bonchev–Trinajstić information content (AvgIpc) is 2.55. The van der Waals surface area contributed by atoms with Gasteiger partial charge in [0.15, 0.2) is 5.11 Å². The third-order valence-corrected chi connectivity index (χ3v) is 3.14. The Hall–Kier alpha value is -2.73. The fourth-order valence-corrected chi connectivity index (χ4v) is 2.02. The van der Waals surface area contributed by atoms with E-state index >= 15 is 0 Å². The third kappa shape index (κ3) is 5.19. The molecule has 6 heteroatoms. The lowest BCUT2D eigenvalue weighted by Crippen LogP contribution is -2.28. The van der Waals surface area contributed by atoms with Crippen molar-refractivity contribution in [2.24, 2.45) is 0 Å². The van der Waals surface area contributed by atoms with Gasteiger partial charge in [-0.05, 0) is 54.7 Å². The maximum Gasteiger partial charge on any atom is 0.255 e. The lowest BCUT2D eigenvalue weighted by Gasteiger charge is -2.10. The van der Waals surface area contributed by atoms with Crippen molar-refractivity contribution in [1.82, 2.24) is 5.32 Å². The Morgan fingerprint density at radius 1 is 1.13 bits per heavy atom. The Balaban J connectivity index is 2.03. The maximum absolute atomic E-state index is 12.9. The number of carbonyl (C=O) groups is 1. The molecule has 0 spiro atoms. The van der Waals surface area contributed by atoms with Crippen LogP contribution in [0.2, 0.25) is 0 Å². The summed E-state index contributed by atoms with van der Waals surface area (Å²) in [4.78, 5) is 12.2. The Labute approximate surface area is 139 Å². The van der Waals surface area contributed by atoms with Crippen LogP contribution in [0, 0.1) is 5.82 Å². The minimum Gasteiger partial charge on any atom is -0.359 e. The zero-order valence-corrected chi connectivity index (χ0v) is 13.1. The van der Waals surface area contributed by atoms with E-state index in [0.717, 1.165) is 0 Å². The molecule has 0 heterocycles. The van der Waals surface area contributed by atoms with E-state index in [1.807, 2.05) is 0 Å². The van der Waals surface area contributed by atoms with Gasteiger partial charge in [0.2, 0.25) is 0 Å². The van der Waals surface area contributed by atoms with E-state index in [-0.39, 0.29) is 11.7 Å². The smallest absolute Gasteiger partial charge is 0.255 e. The summed E-state index contributed by atoms with van der Waals surface area (Å²) in [6.07, 6.45) is 1.69. The minimum absolute atomic E-state index is 0.287. The highest BCUT2D eigenvalue weighted by molar-refractivity contribution is 7.80. The number of benzene rings is 2. The zero-order chi connectivity index (χ0) is 16.7. The SMILES string of the molecule is C=CCNC(=S)Nc1cccc(C(=O)Nc2ccc(F)cc2)c1. The molecule has 0 saturated carbocycles. The molecule has 0 saturated heterocycles. The van der Waals surface area contributed by atoms with E-state index in [2.05, 4.69) is 22.5 Å². The van der Waals surface area contributed by atoms with Gasteiger partial charge in [-0.2, -0.15) is 0 Å². The van der Waals surface area contributed by atoms with Gasteiger partial charge >= 0.3 is 0 Å². The van der Waals surface area contributed by atoms with Crippen LogP contribution in [-0.2, 0) is 0 Å². The molecule has 0 aliphatic carbocycles. The Kier molecular flexibility index (Phi) is 5.82. The molecule has 0 aliphatic rings. The molecule has 0 bridgehead atoms. The number of thiocarbonyl (C=S) groups is 1. The number of nitrogens with one attached hydrogen (secondary N) is 3. The van der Waals surface area contributed by atoms with Crippen LogP contribution in [0.15, 0.2) is 61.2 Å². The van der Waals surface area contributed by atoms with Gasteiger partial charge in [-0.1, -0.05) is 12.1 Å². The molecule has 0 radical (unpaired) electrons. The van der Waals surface area contributed by atoms with Crippen molar-refractivity contribution in [2.45, 2.75) is 0 Å². The number of amides is 1. The lowest BCUT2D eigenvalue weighted by atomic mass is 10.2. The molecule has 2 rings (SSSR count). The van der Waals surface area contributed by atoms with Gasteiger partial charge in [0.25, 0.3) is 5.91 Å². The maximum atomic E-state index is 12.9. The second kappa shape index (κ2) is 8.05. The highest BCUT2D eigenvalue weighted by Gasteiger charge is 2.07. The van der Waals surface area contributed by atoms with Crippen LogP contribution < -0.4 is 16.0 Å². The zero-order valence-electron chi connectivity index (χ0n) is 12.3. The van der Waals surface area contributed by atoms with Crippen molar-refractivity contribution >= 4 is 34.6 Å². The minimum atomic E-state index is -0.352. The van der Waals surface area contributed by atoms with Gasteiger partial charge in [-0.15, -0.1) is 6.58 Å². The highest BCUT2D eigenvalue weighted by Crippen LogP contribution is 2.14. The monoisotopic (exact) mass is 329 g/mol. The summed E-state index contributed by atoms with van der Waals surface area (Å²) < 4.78 is 12.9. The van der Waals surface area contributed by atoms with Gasteiger partial charge in [0, 0.05) is 23.5 Å². The molecule has 23 heavy (non-hydrogen) atoms. The van der Waals surface area contributed by atoms with Crippen molar-refractivity contribution in [2.75, 3.05) is 17.2 Å². The van der Waals surface area contributed by atoms with E-state index in [1.165, 1.54) is 24.3 Å². The number of hydrogen-bond acceptors (Lipinski definition) is 2. The standard InChI is InChI=1S/C17H16FN3OS/c1-2-10-19-17(23)21-15-5-3-4-12(11-15)16(22)20-14-8-6-13(18)7-9-14/h2-9,11H,1,10H2,(H,20,22)(H2,19,21,23). The second-order valence-electron chi connectivity index (χ2n) is 4.67. The topological polar surface area (TPSA) is 53.2 Å². The van der Waals surface area contributed by atoms with Gasteiger partial charge in [0.05, 0.1) is 0 Å². The van der Waals surface area contributed by atoms with Crippen molar-refractivity contribution in [3.8, 4) is 0 Å². The second-order valence-corrected chi connectivity index (χ2v) is 5.07. The number of carbonyl (C=O) groups excluding carboxylic acids is 1. The molecule has 1 amide bonds. The van der Waals surface area contributed by atoms with E-state index in [0.29, 0.717) is 28.6 Å². The van der Waals surface area contributed by atoms with Crippen LogP contribution >= 0.6 is 12.2 Å². The van der Waals surface area contributed by atoms with Gasteiger partial charge in [0.1, 0.15) is 5.82 Å². The largest absolute Gasteiger partial charge is 0.359 e. The molecule has 0 fully saturated rings. The molecular weight excluding hydrogens is 313 g/mol. The number of rotatable bonds is 5. The van der Waals surface area contributed by atoms with Crippen molar-refractivity contribution in [1.29, 1.82) is 0 Å². The first-order chi connectivity index (χ1) is 11.1. The molecule has 0 aromatic heterocycles. The summed E-state index contributed by atoms with van der Waals surface area (Å²) in [6.45, 7) is 4.15. The summed E-state index contributed by atoms with van der Waals surface area (Å²) in [7, 11) is 0. The molecule has 0 atom stereocenters. The first-order valence-corrected chi connectivity index (χ1v) is 7.32. The number of halogens is 1. The number of anilines is 2. The van der Waals surface area contributed by atoms with Crippen LogP contribution in [0.5, 0.6) is 0 Å². The summed E-state index contributed by atoms with van der Waals surface area (Å²) >= 11 is 5.12. The van der Waals surface area contributed by atoms with Crippen LogP contribution in [0.25, 0.3) is 0 Å². The normalized spacial score (nSPS) is 9.78. The van der Waals surface area contributed by atoms with E-state index in [4.69, 9.17) is 12.2 Å². The first-order valence-electron chi connectivity index (χ1n) is 6.91. The Bertz CT molecular complexity index is 716. The predicted octanol–water partition coefficient (Wildman–Crippen LogP) is 3.55. The van der Waals surface area contributed by atoms with Crippen molar-refractivity contribution < 1.29 is 9.18 Å². The van der Waals surface area contributed by atoms with Crippen LogP contribution in [-0.4, -0.2) is 17.6 Å². The first kappa shape index (κ1) is 16.6. The quantitative estimate of drug-likeness (QED) is 0.580. The van der Waals surface area contributed by atoms with E-state index in [1.54, 1.807) is 30.3 Å². The molecule has 3 N–H and O–H groups in total. The van der Waals surface area contributed by atoms with Crippen molar-refractivity contribution in [3.05, 3.63) is 72.6 Å². The van der Waals surface area contributed by atoms with Crippen LogP contribution in [0.3, 0.4) is 0 Å². The third-order valence-electron chi connectivity index (χ3n) is 2.89. The Morgan fingerprint density at radius 3 is 2.57 bits per heavy atom. The molecule has 118 valence electrons. The molecule has 2 aromatic carbocycles. The summed E-state index contributed by atoms with van der Waals surface area (Å²) in [6, 6.07) is 12.5. The van der Waals surface area contributed by atoms with Gasteiger partial charge in [-0.3, -0.25) is 4.79 Å². The number of hydrogen-bond donors (Lipinski definition) is 3. The summed E-state index contributed by atoms with van der Waals surface area (Å²) in [5.74, 6) is -0.639. The lowest BCUT2D eigenvalue weighted by molar-refractivity contribution is 0.102. The molecule has 4 nitrogen and oxygen atoms in total. The highest BCUT2D eigenvalue weighted by atomic mass is 32.1.